The van der Waals surface area contributed by atoms with Gasteiger partial charge in [0.15, 0.2) is 0 Å². The quantitative estimate of drug-likeness (QED) is 0.101. The summed E-state index contributed by atoms with van der Waals surface area (Å²) in [5.74, 6) is 0.848. The average molecular weight is 950 g/mol. The fraction of sp³-hybridized carbons (Fsp3) is 0.0943. The molecule has 0 saturated heterocycles. The number of pyridine rings is 1. The van der Waals surface area contributed by atoms with Crippen molar-refractivity contribution in [2.45, 2.75) is 32.6 Å². The van der Waals surface area contributed by atoms with Crippen LogP contribution in [0.1, 0.15) is 46.4 Å². The van der Waals surface area contributed by atoms with Crippen molar-refractivity contribution in [2.24, 2.45) is 0 Å². The summed E-state index contributed by atoms with van der Waals surface area (Å²) in [7, 11) is 0. The SMILES string of the molecule is [2H]c1c(Oc2[c-]c(-n3[c-][n+](-c4c(-c5ccccc5)cccc4-c4ccccc4)c4ccccc43)ccc2)[c-]c2c(c1[2H])c1c([2H])c([2H])c([2H])c([2H])c1n2-c1cc(C(CC)CC)ccn1.[Pt]. The molecule has 290 valence electrons. The van der Waals surface area contributed by atoms with E-state index < -0.39 is 12.1 Å². The predicted molar refractivity (Wildman–Crippen MR) is 234 cm³/mol. The summed E-state index contributed by atoms with van der Waals surface area (Å²) < 4.78 is 65.7. The second-order valence-electron chi connectivity index (χ2n) is 14.1. The second-order valence-corrected chi connectivity index (χ2v) is 14.1. The Labute approximate surface area is 367 Å². The van der Waals surface area contributed by atoms with Crippen molar-refractivity contribution in [3.05, 3.63) is 200 Å². The minimum Gasteiger partial charge on any atom is -0.510 e. The number of rotatable bonds is 10. The summed E-state index contributed by atoms with van der Waals surface area (Å²) in [4.78, 5) is 4.69. The van der Waals surface area contributed by atoms with E-state index in [0.29, 0.717) is 11.5 Å². The van der Waals surface area contributed by atoms with Crippen LogP contribution >= 0.6 is 0 Å². The fourth-order valence-electron chi connectivity index (χ4n) is 7.97. The third kappa shape index (κ3) is 6.96. The van der Waals surface area contributed by atoms with E-state index in [-0.39, 0.29) is 84.5 Å². The number of nitrogens with zero attached hydrogens (tertiary/aromatic N) is 4. The van der Waals surface area contributed by atoms with Crippen molar-refractivity contribution >= 4 is 32.8 Å². The average Bonchev–Trinajstić information content (AvgIpc) is 3.90. The Kier molecular flexibility index (Phi) is 8.72. The van der Waals surface area contributed by atoms with Gasteiger partial charge in [0.2, 0.25) is 0 Å². The summed E-state index contributed by atoms with van der Waals surface area (Å²) in [6.07, 6.45) is 7.15. The Bertz CT molecular complexity index is 3370. The Morgan fingerprint density at radius 1 is 0.678 bits per heavy atom. The van der Waals surface area contributed by atoms with Crippen LogP contribution in [0.2, 0.25) is 0 Å². The second kappa shape index (κ2) is 16.4. The van der Waals surface area contributed by atoms with E-state index >= 15 is 0 Å². The maximum Gasteiger partial charge on any atom is 0.268 e. The van der Waals surface area contributed by atoms with Gasteiger partial charge in [-0.3, -0.25) is 4.57 Å². The predicted octanol–water partition coefficient (Wildman–Crippen LogP) is 12.8. The molecule has 0 unspecified atom stereocenters. The largest absolute Gasteiger partial charge is 0.510 e. The molecule has 0 spiro atoms. The molecule has 3 heterocycles. The molecule has 0 fully saturated rings. The molecule has 6 heteroatoms. The van der Waals surface area contributed by atoms with Crippen LogP contribution in [0.5, 0.6) is 11.5 Å². The van der Waals surface area contributed by atoms with E-state index in [1.54, 1.807) is 16.8 Å². The van der Waals surface area contributed by atoms with Gasteiger partial charge in [0.1, 0.15) is 5.82 Å². The van der Waals surface area contributed by atoms with Crippen molar-refractivity contribution in [1.29, 1.82) is 0 Å². The van der Waals surface area contributed by atoms with E-state index in [2.05, 4.69) is 90.4 Å². The first-order valence-electron chi connectivity index (χ1n) is 22.5. The number of para-hydroxylation sites is 4. The molecule has 0 saturated carbocycles. The molecule has 0 atom stereocenters. The monoisotopic (exact) mass is 949 g/mol. The zero-order chi connectivity index (χ0) is 44.2. The summed E-state index contributed by atoms with van der Waals surface area (Å²) in [6.45, 7) is 4.25. The molecule has 0 aliphatic rings. The van der Waals surface area contributed by atoms with Gasteiger partial charge in [-0.2, -0.15) is 18.2 Å². The molecule has 0 bridgehead atoms. The molecule has 3 aromatic heterocycles. The smallest absolute Gasteiger partial charge is 0.268 e. The molecular formula is C53H40N4OPt-2. The third-order valence-corrected chi connectivity index (χ3v) is 10.8. The number of fused-ring (bicyclic) bond motifs is 4. The van der Waals surface area contributed by atoms with Crippen LogP contribution in [0.15, 0.2) is 176 Å². The summed E-state index contributed by atoms with van der Waals surface area (Å²) in [6, 6.07) is 49.0. The van der Waals surface area contributed by atoms with Crippen LogP contribution in [0, 0.1) is 18.5 Å². The normalized spacial score (nSPS) is 12.8. The van der Waals surface area contributed by atoms with Crippen molar-refractivity contribution in [2.75, 3.05) is 0 Å². The van der Waals surface area contributed by atoms with Gasteiger partial charge in [0.05, 0.1) is 22.2 Å². The first-order valence-corrected chi connectivity index (χ1v) is 19.5. The molecule has 7 aromatic carbocycles. The van der Waals surface area contributed by atoms with E-state index in [1.165, 1.54) is 0 Å². The number of benzene rings is 7. The molecule has 0 N–H and O–H groups in total. The minimum absolute atomic E-state index is 0. The van der Waals surface area contributed by atoms with Crippen molar-refractivity contribution in [3.63, 3.8) is 0 Å². The first-order chi connectivity index (χ1) is 31.2. The molecule has 0 amide bonds. The maximum absolute atomic E-state index is 9.33. The molecule has 0 radical (unpaired) electrons. The van der Waals surface area contributed by atoms with Gasteiger partial charge in [-0.1, -0.05) is 141 Å². The molecule has 59 heavy (non-hydrogen) atoms. The van der Waals surface area contributed by atoms with Crippen molar-refractivity contribution in [1.82, 2.24) is 14.1 Å². The number of hydrogen-bond acceptors (Lipinski definition) is 2. The fourth-order valence-corrected chi connectivity index (χ4v) is 7.97. The topological polar surface area (TPSA) is 35.9 Å². The Morgan fingerprint density at radius 3 is 2.12 bits per heavy atom. The molecule has 0 aliphatic carbocycles. The maximum atomic E-state index is 9.33. The van der Waals surface area contributed by atoms with Crippen molar-refractivity contribution < 1.29 is 38.6 Å². The first kappa shape index (κ1) is 31.4. The molecule has 10 aromatic rings. The van der Waals surface area contributed by atoms with E-state index in [4.69, 9.17) is 10.2 Å². The number of ether oxygens (including phenoxy) is 1. The Hall–Kier alpha value is -6.55. The van der Waals surface area contributed by atoms with Gasteiger partial charge < -0.3 is 13.9 Å². The van der Waals surface area contributed by atoms with Crippen LogP contribution in [0.3, 0.4) is 0 Å². The van der Waals surface area contributed by atoms with E-state index in [0.717, 1.165) is 57.4 Å². The molecular weight excluding hydrogens is 904 g/mol. The minimum atomic E-state index is -0.427. The number of aromatic nitrogens is 4. The van der Waals surface area contributed by atoms with E-state index in [9.17, 15) is 2.74 Å². The zero-order valence-corrected chi connectivity index (χ0v) is 34.6. The summed E-state index contributed by atoms with van der Waals surface area (Å²) in [5.41, 5.74) is 9.00. The van der Waals surface area contributed by atoms with Crippen LogP contribution in [0.4, 0.5) is 0 Å². The Morgan fingerprint density at radius 2 is 1.37 bits per heavy atom. The third-order valence-electron chi connectivity index (χ3n) is 10.8. The van der Waals surface area contributed by atoms with Crippen LogP contribution in [0.25, 0.3) is 72.3 Å². The number of imidazole rings is 1. The zero-order valence-electron chi connectivity index (χ0n) is 38.3. The van der Waals surface area contributed by atoms with Crippen LogP contribution < -0.4 is 9.30 Å². The van der Waals surface area contributed by atoms with Crippen LogP contribution in [-0.2, 0) is 21.1 Å². The van der Waals surface area contributed by atoms with Gasteiger partial charge in [-0.05, 0) is 77.2 Å². The van der Waals surface area contributed by atoms with Gasteiger partial charge in [-0.15, -0.1) is 29.6 Å². The van der Waals surface area contributed by atoms with Gasteiger partial charge in [0, 0.05) is 45.6 Å². The number of hydrogen-bond donors (Lipinski definition) is 0. The van der Waals surface area contributed by atoms with Gasteiger partial charge in [0.25, 0.3) is 6.33 Å². The summed E-state index contributed by atoms with van der Waals surface area (Å²) in [5, 5.41) is 0.286. The Balaban J connectivity index is 0.00000533. The van der Waals surface area contributed by atoms with Crippen LogP contribution in [-0.4, -0.2) is 14.1 Å². The summed E-state index contributed by atoms with van der Waals surface area (Å²) >= 11 is 0. The molecule has 0 aliphatic heterocycles. The molecule has 10 rings (SSSR count). The van der Waals surface area contributed by atoms with Crippen molar-refractivity contribution in [3.8, 4) is 50.9 Å². The van der Waals surface area contributed by atoms with Gasteiger partial charge in [-0.25, -0.2) is 4.98 Å². The standard InChI is InChI=1S/C53H40N4O.Pt/c1-3-37(4-2)40-31-32-54-52(33-40)57-48-26-12-11-23-46(48)47-30-29-43(35-51(47)57)58-42-22-15-21-41(34-42)55-36-56(50-28-14-13-27-49(50)55)53-44(38-17-7-5-8-18-38)24-16-25-45(53)39-19-9-6-10-20-39;/h5-33,37H,3-4H2,1-2H3;/q-2;/i11D,12D,23D,26D,29D,30D;. The van der Waals surface area contributed by atoms with E-state index in [1.807, 2.05) is 83.4 Å². The van der Waals surface area contributed by atoms with Gasteiger partial charge >= 0.3 is 0 Å². The molecule has 5 nitrogen and oxygen atoms in total.